The van der Waals surface area contributed by atoms with Crippen molar-refractivity contribution >= 4 is 29.4 Å². The number of thioether (sulfide) groups is 1. The molecule has 2 atom stereocenters. The quantitative estimate of drug-likeness (QED) is 0.705. The van der Waals surface area contributed by atoms with Crippen LogP contribution in [-0.2, 0) is 4.79 Å². The molecule has 0 aliphatic heterocycles. The van der Waals surface area contributed by atoms with E-state index in [-0.39, 0.29) is 11.8 Å². The number of hydrogen-bond donors (Lipinski definition) is 3. The number of nitrogens with two attached hydrogens (primary N) is 1. The van der Waals surface area contributed by atoms with Crippen LogP contribution in [0.15, 0.2) is 29.2 Å². The molecule has 3 amide bonds. The van der Waals surface area contributed by atoms with Crippen molar-refractivity contribution < 1.29 is 9.59 Å². The largest absolute Gasteiger partial charge is 0.352 e. The van der Waals surface area contributed by atoms with Gasteiger partial charge in [0, 0.05) is 10.6 Å². The molecule has 0 fully saturated rings. The molecule has 0 radical (unpaired) electrons. The van der Waals surface area contributed by atoms with Gasteiger partial charge in [0.2, 0.25) is 5.91 Å². The van der Waals surface area contributed by atoms with Gasteiger partial charge in [-0.2, -0.15) is 0 Å². The summed E-state index contributed by atoms with van der Waals surface area (Å²) in [5, 5.41) is 5.32. The highest BCUT2D eigenvalue weighted by molar-refractivity contribution is 7.98. The van der Waals surface area contributed by atoms with Crippen LogP contribution in [0.5, 0.6) is 0 Å². The van der Waals surface area contributed by atoms with Crippen molar-refractivity contribution in [3.05, 3.63) is 24.3 Å². The summed E-state index contributed by atoms with van der Waals surface area (Å²) in [6.07, 6.45) is 2.74. The van der Waals surface area contributed by atoms with E-state index in [4.69, 9.17) is 5.73 Å². The third kappa shape index (κ3) is 4.77. The molecule has 0 saturated carbocycles. The van der Waals surface area contributed by atoms with E-state index in [0.29, 0.717) is 5.69 Å². The van der Waals surface area contributed by atoms with Gasteiger partial charge < -0.3 is 16.4 Å². The van der Waals surface area contributed by atoms with Gasteiger partial charge in [0.25, 0.3) is 0 Å². The van der Waals surface area contributed by atoms with Crippen molar-refractivity contribution in [3.8, 4) is 0 Å². The van der Waals surface area contributed by atoms with Crippen LogP contribution in [0.1, 0.15) is 20.3 Å². The SMILES string of the molecule is CC[C@H](C)[C@H](NC(N)=O)C(=O)Nc1cccc(SC)c1. The highest BCUT2D eigenvalue weighted by atomic mass is 32.2. The monoisotopic (exact) mass is 295 g/mol. The van der Waals surface area contributed by atoms with E-state index in [1.165, 1.54) is 0 Å². The third-order valence-electron chi connectivity index (χ3n) is 3.13. The Morgan fingerprint density at radius 1 is 1.40 bits per heavy atom. The average molecular weight is 295 g/mol. The maximum atomic E-state index is 12.3. The Labute approximate surface area is 123 Å². The van der Waals surface area contributed by atoms with Crippen molar-refractivity contribution in [2.24, 2.45) is 11.7 Å². The van der Waals surface area contributed by atoms with Gasteiger partial charge in [-0.05, 0) is 30.4 Å². The molecule has 0 heterocycles. The molecule has 0 aliphatic carbocycles. The fraction of sp³-hybridized carbons (Fsp3) is 0.429. The van der Waals surface area contributed by atoms with Crippen LogP contribution < -0.4 is 16.4 Å². The molecule has 20 heavy (non-hydrogen) atoms. The first-order valence-corrected chi connectivity index (χ1v) is 7.71. The Hall–Kier alpha value is -1.69. The molecule has 0 spiro atoms. The number of hydrogen-bond acceptors (Lipinski definition) is 3. The van der Waals surface area contributed by atoms with Crippen LogP contribution in [-0.4, -0.2) is 24.2 Å². The highest BCUT2D eigenvalue weighted by Gasteiger charge is 2.25. The number of primary amides is 1. The van der Waals surface area contributed by atoms with Gasteiger partial charge in [0.05, 0.1) is 0 Å². The first kappa shape index (κ1) is 16.4. The molecule has 110 valence electrons. The van der Waals surface area contributed by atoms with Crippen LogP contribution in [0.25, 0.3) is 0 Å². The first-order valence-electron chi connectivity index (χ1n) is 6.48. The number of anilines is 1. The Morgan fingerprint density at radius 3 is 2.65 bits per heavy atom. The fourth-order valence-electron chi connectivity index (χ4n) is 1.78. The van der Waals surface area contributed by atoms with Gasteiger partial charge in [0.15, 0.2) is 0 Å². The predicted molar refractivity (Wildman–Crippen MR) is 82.8 cm³/mol. The van der Waals surface area contributed by atoms with E-state index in [0.717, 1.165) is 11.3 Å². The number of rotatable bonds is 6. The number of carbonyl (C=O) groups is 2. The molecule has 1 aromatic rings. The predicted octanol–water partition coefficient (Wildman–Crippen LogP) is 2.43. The molecule has 0 saturated heterocycles. The van der Waals surface area contributed by atoms with E-state index in [1.807, 2.05) is 44.4 Å². The molecule has 1 aromatic carbocycles. The number of carbonyl (C=O) groups excluding carboxylic acids is 2. The Morgan fingerprint density at radius 2 is 2.10 bits per heavy atom. The van der Waals surface area contributed by atoms with Crippen molar-refractivity contribution in [1.29, 1.82) is 0 Å². The van der Waals surface area contributed by atoms with Crippen LogP contribution in [0.2, 0.25) is 0 Å². The van der Waals surface area contributed by atoms with Crippen molar-refractivity contribution in [1.82, 2.24) is 5.32 Å². The molecule has 0 bridgehead atoms. The minimum absolute atomic E-state index is 0.00577. The zero-order valence-corrected chi connectivity index (χ0v) is 12.8. The summed E-state index contributed by atoms with van der Waals surface area (Å²) in [7, 11) is 0. The molecule has 0 unspecified atom stereocenters. The molecule has 0 aliphatic rings. The van der Waals surface area contributed by atoms with Gasteiger partial charge in [-0.25, -0.2) is 4.79 Å². The van der Waals surface area contributed by atoms with Gasteiger partial charge in [-0.15, -0.1) is 11.8 Å². The Bertz CT molecular complexity index is 479. The summed E-state index contributed by atoms with van der Waals surface area (Å²) in [4.78, 5) is 24.3. The van der Waals surface area contributed by atoms with Gasteiger partial charge in [0.1, 0.15) is 6.04 Å². The smallest absolute Gasteiger partial charge is 0.312 e. The maximum Gasteiger partial charge on any atom is 0.312 e. The van der Waals surface area contributed by atoms with Crippen LogP contribution in [0, 0.1) is 5.92 Å². The molecule has 1 rings (SSSR count). The molecule has 5 nitrogen and oxygen atoms in total. The molecular weight excluding hydrogens is 274 g/mol. The zero-order valence-electron chi connectivity index (χ0n) is 12.0. The summed E-state index contributed by atoms with van der Waals surface area (Å²) in [5.41, 5.74) is 5.84. The van der Waals surface area contributed by atoms with Crippen molar-refractivity contribution in [2.75, 3.05) is 11.6 Å². The first-order chi connectivity index (χ1) is 9.47. The lowest BCUT2D eigenvalue weighted by Gasteiger charge is -2.22. The van der Waals surface area contributed by atoms with Gasteiger partial charge in [-0.1, -0.05) is 26.3 Å². The number of urea groups is 1. The van der Waals surface area contributed by atoms with Crippen LogP contribution in [0.4, 0.5) is 10.5 Å². The minimum atomic E-state index is -0.691. The van der Waals surface area contributed by atoms with E-state index in [2.05, 4.69) is 10.6 Å². The van der Waals surface area contributed by atoms with Gasteiger partial charge in [-0.3, -0.25) is 4.79 Å². The maximum absolute atomic E-state index is 12.3. The second kappa shape index (κ2) is 7.79. The standard InChI is InChI=1S/C14H21N3O2S/c1-4-9(2)12(17-14(15)19)13(18)16-10-6-5-7-11(8-10)20-3/h5-9,12H,4H2,1-3H3,(H,16,18)(H3,15,17,19)/t9-,12-/m0/s1. The van der Waals surface area contributed by atoms with Crippen LogP contribution in [0.3, 0.4) is 0 Å². The van der Waals surface area contributed by atoms with Crippen molar-refractivity contribution in [3.63, 3.8) is 0 Å². The summed E-state index contributed by atoms with van der Waals surface area (Å²) in [6.45, 7) is 3.86. The summed E-state index contributed by atoms with van der Waals surface area (Å²) in [6, 6.07) is 6.23. The molecule has 6 heteroatoms. The second-order valence-corrected chi connectivity index (χ2v) is 5.47. The highest BCUT2D eigenvalue weighted by Crippen LogP contribution is 2.19. The number of benzene rings is 1. The van der Waals surface area contributed by atoms with E-state index in [9.17, 15) is 9.59 Å². The third-order valence-corrected chi connectivity index (χ3v) is 3.86. The summed E-state index contributed by atoms with van der Waals surface area (Å²) < 4.78 is 0. The molecule has 0 aromatic heterocycles. The Balaban J connectivity index is 2.81. The lowest BCUT2D eigenvalue weighted by atomic mass is 9.98. The lowest BCUT2D eigenvalue weighted by Crippen LogP contribution is -2.49. The van der Waals surface area contributed by atoms with Gasteiger partial charge >= 0.3 is 6.03 Å². The summed E-state index contributed by atoms with van der Waals surface area (Å²) in [5.74, 6) is -0.248. The topological polar surface area (TPSA) is 84.2 Å². The van der Waals surface area contributed by atoms with Crippen molar-refractivity contribution in [2.45, 2.75) is 31.2 Å². The van der Waals surface area contributed by atoms with E-state index >= 15 is 0 Å². The summed E-state index contributed by atoms with van der Waals surface area (Å²) >= 11 is 1.60. The Kier molecular flexibility index (Phi) is 6.38. The second-order valence-electron chi connectivity index (χ2n) is 4.59. The number of nitrogens with one attached hydrogen (secondary N) is 2. The fourth-order valence-corrected chi connectivity index (χ4v) is 2.24. The number of amides is 3. The molecule has 4 N–H and O–H groups in total. The van der Waals surface area contributed by atoms with E-state index in [1.54, 1.807) is 11.8 Å². The van der Waals surface area contributed by atoms with Crippen LogP contribution >= 0.6 is 11.8 Å². The lowest BCUT2D eigenvalue weighted by molar-refractivity contribution is -0.119. The van der Waals surface area contributed by atoms with E-state index < -0.39 is 12.1 Å². The molecular formula is C14H21N3O2S. The average Bonchev–Trinajstić information content (AvgIpc) is 2.43. The normalized spacial score (nSPS) is 13.3. The zero-order chi connectivity index (χ0) is 15.1. The minimum Gasteiger partial charge on any atom is -0.352 e.